The van der Waals surface area contributed by atoms with Crippen LogP contribution in [0.5, 0.6) is 0 Å². The summed E-state index contributed by atoms with van der Waals surface area (Å²) < 4.78 is 0. The second-order valence-corrected chi connectivity index (χ2v) is 5.48. The number of nitrogens with zero attached hydrogens (tertiary/aromatic N) is 1. The van der Waals surface area contributed by atoms with Crippen molar-refractivity contribution in [2.24, 2.45) is 16.8 Å². The van der Waals surface area contributed by atoms with Crippen molar-refractivity contribution in [1.29, 1.82) is 0 Å². The molecule has 0 bridgehead atoms. The van der Waals surface area contributed by atoms with E-state index in [-0.39, 0.29) is 5.84 Å². The van der Waals surface area contributed by atoms with Gasteiger partial charge in [0.2, 0.25) is 0 Å². The lowest BCUT2D eigenvalue weighted by atomic mass is 10.1. The Morgan fingerprint density at radius 2 is 2.12 bits per heavy atom. The molecule has 0 saturated carbocycles. The van der Waals surface area contributed by atoms with Crippen LogP contribution >= 0.6 is 11.8 Å². The molecule has 3 N–H and O–H groups in total. The zero-order valence-electron chi connectivity index (χ0n) is 10.4. The molecule has 0 saturated heterocycles. The highest BCUT2D eigenvalue weighted by atomic mass is 32.2. The quantitative estimate of drug-likeness (QED) is 0.269. The fraction of sp³-hybridized carbons (Fsp3) is 0.462. The van der Waals surface area contributed by atoms with Gasteiger partial charge in [0.05, 0.1) is 0 Å². The summed E-state index contributed by atoms with van der Waals surface area (Å²) in [6.07, 6.45) is 1.22. The zero-order valence-corrected chi connectivity index (χ0v) is 11.2. The van der Waals surface area contributed by atoms with Gasteiger partial charge in [-0.1, -0.05) is 43.3 Å². The summed E-state index contributed by atoms with van der Waals surface area (Å²) in [5.74, 6) is 2.97. The van der Waals surface area contributed by atoms with Crippen LogP contribution in [0.4, 0.5) is 0 Å². The molecule has 0 amide bonds. The molecule has 0 aliphatic carbocycles. The van der Waals surface area contributed by atoms with Crippen LogP contribution < -0.4 is 5.73 Å². The molecule has 0 atom stereocenters. The first-order valence-electron chi connectivity index (χ1n) is 5.78. The molecule has 0 heterocycles. The van der Waals surface area contributed by atoms with E-state index in [0.29, 0.717) is 0 Å². The van der Waals surface area contributed by atoms with E-state index in [2.05, 4.69) is 19.0 Å². The Bertz CT molecular complexity index is 377. The van der Waals surface area contributed by atoms with Gasteiger partial charge in [-0.15, -0.1) is 0 Å². The van der Waals surface area contributed by atoms with E-state index in [9.17, 15) is 0 Å². The number of rotatable bonds is 6. The molecule has 0 aliphatic rings. The SMILES string of the molecule is CC(C)CCSCc1ccccc1/C(N)=N/O. The summed E-state index contributed by atoms with van der Waals surface area (Å²) in [5, 5.41) is 11.8. The average Bonchev–Trinajstić information content (AvgIpc) is 2.34. The molecule has 0 fully saturated rings. The van der Waals surface area contributed by atoms with Crippen molar-refractivity contribution < 1.29 is 5.21 Å². The lowest BCUT2D eigenvalue weighted by molar-refractivity contribution is 0.318. The smallest absolute Gasteiger partial charge is 0.170 e. The average molecular weight is 252 g/mol. The minimum Gasteiger partial charge on any atom is -0.409 e. The monoisotopic (exact) mass is 252 g/mol. The molecule has 1 rings (SSSR count). The number of benzene rings is 1. The van der Waals surface area contributed by atoms with E-state index in [0.717, 1.165) is 28.6 Å². The van der Waals surface area contributed by atoms with Gasteiger partial charge in [-0.2, -0.15) is 11.8 Å². The first-order chi connectivity index (χ1) is 8.15. The third-order valence-electron chi connectivity index (χ3n) is 2.50. The molecule has 0 radical (unpaired) electrons. The molecule has 1 aromatic carbocycles. The highest BCUT2D eigenvalue weighted by molar-refractivity contribution is 7.98. The Balaban J connectivity index is 2.58. The maximum atomic E-state index is 8.71. The topological polar surface area (TPSA) is 58.6 Å². The Kier molecular flexibility index (Phi) is 5.91. The summed E-state index contributed by atoms with van der Waals surface area (Å²) in [5.41, 5.74) is 7.59. The van der Waals surface area contributed by atoms with Gasteiger partial charge >= 0.3 is 0 Å². The molecule has 94 valence electrons. The van der Waals surface area contributed by atoms with Gasteiger partial charge in [0, 0.05) is 11.3 Å². The second kappa shape index (κ2) is 7.22. The third-order valence-corrected chi connectivity index (χ3v) is 3.54. The molecule has 0 unspecified atom stereocenters. The molecular weight excluding hydrogens is 232 g/mol. The fourth-order valence-electron chi connectivity index (χ4n) is 1.45. The van der Waals surface area contributed by atoms with Gasteiger partial charge in [0.25, 0.3) is 0 Å². The zero-order chi connectivity index (χ0) is 12.7. The van der Waals surface area contributed by atoms with Crippen LogP contribution in [0.3, 0.4) is 0 Å². The summed E-state index contributed by atoms with van der Waals surface area (Å²) in [6, 6.07) is 7.78. The van der Waals surface area contributed by atoms with Crippen LogP contribution in [0.15, 0.2) is 29.4 Å². The summed E-state index contributed by atoms with van der Waals surface area (Å²) in [7, 11) is 0. The van der Waals surface area contributed by atoms with Crippen LogP contribution in [0.25, 0.3) is 0 Å². The van der Waals surface area contributed by atoms with E-state index in [4.69, 9.17) is 10.9 Å². The number of amidine groups is 1. The van der Waals surface area contributed by atoms with E-state index in [1.54, 1.807) is 0 Å². The lowest BCUT2D eigenvalue weighted by Crippen LogP contribution is -2.15. The van der Waals surface area contributed by atoms with E-state index < -0.39 is 0 Å². The van der Waals surface area contributed by atoms with Crippen molar-refractivity contribution in [3.63, 3.8) is 0 Å². The number of hydrogen-bond donors (Lipinski definition) is 2. The third kappa shape index (κ3) is 4.69. The molecule has 17 heavy (non-hydrogen) atoms. The molecule has 1 aromatic rings. The Morgan fingerprint density at radius 3 is 2.76 bits per heavy atom. The Morgan fingerprint density at radius 1 is 1.41 bits per heavy atom. The highest BCUT2D eigenvalue weighted by Crippen LogP contribution is 2.18. The van der Waals surface area contributed by atoms with Crippen LogP contribution in [-0.2, 0) is 5.75 Å². The maximum Gasteiger partial charge on any atom is 0.170 e. The van der Waals surface area contributed by atoms with Gasteiger partial charge in [-0.05, 0) is 23.7 Å². The van der Waals surface area contributed by atoms with Crippen molar-refractivity contribution in [1.82, 2.24) is 0 Å². The highest BCUT2D eigenvalue weighted by Gasteiger charge is 2.06. The summed E-state index contributed by atoms with van der Waals surface area (Å²) >= 11 is 1.88. The molecule has 0 aliphatic heterocycles. The predicted octanol–water partition coefficient (Wildman–Crippen LogP) is 3.06. The maximum absolute atomic E-state index is 8.71. The van der Waals surface area contributed by atoms with Crippen molar-refractivity contribution >= 4 is 17.6 Å². The van der Waals surface area contributed by atoms with Gasteiger partial charge in [0.15, 0.2) is 5.84 Å². The van der Waals surface area contributed by atoms with Crippen molar-refractivity contribution in [2.75, 3.05) is 5.75 Å². The van der Waals surface area contributed by atoms with Crippen LogP contribution in [0.1, 0.15) is 31.4 Å². The Labute approximate surface area is 107 Å². The van der Waals surface area contributed by atoms with E-state index in [1.165, 1.54) is 6.42 Å². The second-order valence-electron chi connectivity index (χ2n) is 4.38. The molecule has 0 aromatic heterocycles. The van der Waals surface area contributed by atoms with Gasteiger partial charge in [-0.3, -0.25) is 0 Å². The number of oxime groups is 1. The molecule has 3 nitrogen and oxygen atoms in total. The molecular formula is C13H20N2OS. The summed E-state index contributed by atoms with van der Waals surface area (Å²) in [4.78, 5) is 0. The molecule has 4 heteroatoms. The minimum absolute atomic E-state index is 0.185. The van der Waals surface area contributed by atoms with Crippen molar-refractivity contribution in [3.8, 4) is 0 Å². The van der Waals surface area contributed by atoms with Crippen molar-refractivity contribution in [2.45, 2.75) is 26.0 Å². The van der Waals surface area contributed by atoms with Gasteiger partial charge in [-0.25, -0.2) is 0 Å². The van der Waals surface area contributed by atoms with Crippen LogP contribution in [-0.4, -0.2) is 16.8 Å². The first kappa shape index (κ1) is 13.9. The van der Waals surface area contributed by atoms with Gasteiger partial charge in [0.1, 0.15) is 0 Å². The Hall–Kier alpha value is -1.16. The standard InChI is InChI=1S/C13H20N2OS/c1-10(2)7-8-17-9-11-5-3-4-6-12(11)13(14)15-16/h3-6,10,16H,7-9H2,1-2H3,(H2,14,15). The predicted molar refractivity (Wildman–Crippen MR) is 74.6 cm³/mol. The van der Waals surface area contributed by atoms with Crippen LogP contribution in [0.2, 0.25) is 0 Å². The minimum atomic E-state index is 0.185. The van der Waals surface area contributed by atoms with Crippen LogP contribution in [0, 0.1) is 5.92 Å². The van der Waals surface area contributed by atoms with E-state index >= 15 is 0 Å². The number of hydrogen-bond acceptors (Lipinski definition) is 3. The number of thioether (sulfide) groups is 1. The number of nitrogens with two attached hydrogens (primary N) is 1. The first-order valence-corrected chi connectivity index (χ1v) is 6.94. The largest absolute Gasteiger partial charge is 0.409 e. The van der Waals surface area contributed by atoms with Crippen molar-refractivity contribution in [3.05, 3.63) is 35.4 Å². The van der Waals surface area contributed by atoms with E-state index in [1.807, 2.05) is 36.0 Å². The lowest BCUT2D eigenvalue weighted by Gasteiger charge is -2.08. The fourth-order valence-corrected chi connectivity index (χ4v) is 2.71. The molecule has 0 spiro atoms. The van der Waals surface area contributed by atoms with Gasteiger partial charge < -0.3 is 10.9 Å². The summed E-state index contributed by atoms with van der Waals surface area (Å²) in [6.45, 7) is 4.45. The normalized spacial score (nSPS) is 12.1.